The van der Waals surface area contributed by atoms with Crippen LogP contribution in [-0.4, -0.2) is 32.2 Å². The lowest BCUT2D eigenvalue weighted by molar-refractivity contribution is -0.385. The number of nitro groups is 1. The lowest BCUT2D eigenvalue weighted by Crippen LogP contribution is -2.31. The summed E-state index contributed by atoms with van der Waals surface area (Å²) in [5, 5.41) is 13.2. The zero-order chi connectivity index (χ0) is 22.2. The number of ketones is 1. The maximum absolute atomic E-state index is 12.0. The number of ether oxygens (including phenoxy) is 1. The Morgan fingerprint density at radius 2 is 2.03 bits per heavy atom. The number of hydrogen-bond donors (Lipinski definition) is 1. The molecule has 0 spiro atoms. The summed E-state index contributed by atoms with van der Waals surface area (Å²) in [6.45, 7) is 2.48. The van der Waals surface area contributed by atoms with E-state index < -0.39 is 4.92 Å². The van der Waals surface area contributed by atoms with E-state index in [1.807, 2.05) is 23.1 Å². The van der Waals surface area contributed by atoms with Crippen molar-refractivity contribution in [3.63, 3.8) is 0 Å². The molecule has 0 saturated carbocycles. The molecule has 5 rings (SSSR count). The maximum Gasteiger partial charge on any atom is 0.373 e. The Balaban J connectivity index is 1.50. The predicted molar refractivity (Wildman–Crippen MR) is 118 cm³/mol. The molecule has 9 heteroatoms. The van der Waals surface area contributed by atoms with Crippen molar-refractivity contribution in [2.75, 3.05) is 11.4 Å². The van der Waals surface area contributed by atoms with Gasteiger partial charge in [0.2, 0.25) is 5.82 Å². The van der Waals surface area contributed by atoms with Gasteiger partial charge in [-0.25, -0.2) is 4.98 Å². The van der Waals surface area contributed by atoms with Crippen LogP contribution in [0.2, 0.25) is 0 Å². The van der Waals surface area contributed by atoms with Crippen LogP contribution in [0.5, 0.6) is 11.6 Å². The first-order valence-corrected chi connectivity index (χ1v) is 10.1. The van der Waals surface area contributed by atoms with E-state index in [1.54, 1.807) is 18.2 Å². The Morgan fingerprint density at radius 3 is 2.84 bits per heavy atom. The van der Waals surface area contributed by atoms with Crippen LogP contribution in [0.3, 0.4) is 0 Å². The number of nitrogens with zero attached hydrogens (tertiary/aromatic N) is 4. The first-order valence-electron chi connectivity index (χ1n) is 10.1. The number of benzene rings is 2. The molecule has 160 valence electrons. The number of hydrogen-bond acceptors (Lipinski definition) is 7. The van der Waals surface area contributed by atoms with E-state index in [0.717, 1.165) is 17.6 Å². The van der Waals surface area contributed by atoms with Gasteiger partial charge in [-0.1, -0.05) is 30.3 Å². The predicted octanol–water partition coefficient (Wildman–Crippen LogP) is 4.42. The number of aromatic amines is 1. The van der Waals surface area contributed by atoms with Gasteiger partial charge in [-0.05, 0) is 37.1 Å². The number of H-pyrrole nitrogens is 1. The third-order valence-corrected chi connectivity index (χ3v) is 5.59. The molecule has 0 radical (unpaired) electrons. The fourth-order valence-corrected chi connectivity index (χ4v) is 4.08. The van der Waals surface area contributed by atoms with Crippen molar-refractivity contribution in [3.05, 3.63) is 81.8 Å². The van der Waals surface area contributed by atoms with Crippen molar-refractivity contribution in [2.45, 2.75) is 19.9 Å². The second kappa shape index (κ2) is 7.77. The summed E-state index contributed by atoms with van der Waals surface area (Å²) in [5.41, 5.74) is 3.43. The van der Waals surface area contributed by atoms with Crippen LogP contribution in [0.4, 0.5) is 11.5 Å². The highest BCUT2D eigenvalue weighted by atomic mass is 16.6. The quantitative estimate of drug-likeness (QED) is 0.284. The average molecular weight is 429 g/mol. The number of Topliss-reactive ketones (excluding diaryl/α,β-unsaturated/α-hetero) is 1. The molecule has 0 aliphatic carbocycles. The Kier molecular flexibility index (Phi) is 4.78. The van der Waals surface area contributed by atoms with Gasteiger partial charge in [-0.3, -0.25) is 14.9 Å². The van der Waals surface area contributed by atoms with E-state index in [4.69, 9.17) is 4.74 Å². The van der Waals surface area contributed by atoms with Crippen LogP contribution >= 0.6 is 0 Å². The fourth-order valence-electron chi connectivity index (χ4n) is 4.08. The molecule has 0 bridgehead atoms. The molecule has 3 heterocycles. The molecular weight excluding hydrogens is 410 g/mol. The Morgan fingerprint density at radius 1 is 1.19 bits per heavy atom. The number of carbonyl (C=O) groups excluding carboxylic acids is 1. The summed E-state index contributed by atoms with van der Waals surface area (Å²) in [7, 11) is 0. The van der Waals surface area contributed by atoms with Gasteiger partial charge in [0.1, 0.15) is 12.1 Å². The highest BCUT2D eigenvalue weighted by molar-refractivity contribution is 5.94. The summed E-state index contributed by atoms with van der Waals surface area (Å²) in [5.74, 6) is 0.202. The minimum Gasteiger partial charge on any atom is -0.434 e. The van der Waals surface area contributed by atoms with E-state index >= 15 is 0 Å². The van der Waals surface area contributed by atoms with Crippen LogP contribution in [-0.2, 0) is 13.0 Å². The van der Waals surface area contributed by atoms with Crippen molar-refractivity contribution in [2.24, 2.45) is 0 Å². The second-order valence-electron chi connectivity index (χ2n) is 7.59. The molecule has 0 amide bonds. The number of nitrogens with one attached hydrogen (secondary N) is 1. The molecule has 0 fully saturated rings. The van der Waals surface area contributed by atoms with E-state index in [-0.39, 0.29) is 23.2 Å². The number of anilines is 1. The maximum atomic E-state index is 12.0. The first-order chi connectivity index (χ1) is 15.5. The summed E-state index contributed by atoms with van der Waals surface area (Å²) in [6, 6.07) is 14.5. The topological polar surface area (TPSA) is 114 Å². The van der Waals surface area contributed by atoms with Gasteiger partial charge in [-0.2, -0.15) is 4.98 Å². The molecule has 0 saturated heterocycles. The molecule has 4 aromatic rings. The van der Waals surface area contributed by atoms with Gasteiger partial charge < -0.3 is 14.6 Å². The highest BCUT2D eigenvalue weighted by Crippen LogP contribution is 2.38. The lowest BCUT2D eigenvalue weighted by atomic mass is 10.0. The highest BCUT2D eigenvalue weighted by Gasteiger charge is 2.31. The van der Waals surface area contributed by atoms with Crippen molar-refractivity contribution < 1.29 is 14.5 Å². The zero-order valence-corrected chi connectivity index (χ0v) is 17.2. The molecule has 0 atom stereocenters. The largest absolute Gasteiger partial charge is 0.434 e. The standard InChI is InChI=1S/C23H19N5O4/c1-14(29)15-5-4-6-16(11-15)32-23-21(28(30)31)22(24-13-25-23)27-10-9-18-17-7-2-3-8-19(17)26-20(18)12-27/h2-8,11,13,26H,9-10,12H2,1H3. The number of para-hydroxylation sites is 1. The number of aromatic nitrogens is 3. The Bertz CT molecular complexity index is 1360. The van der Waals surface area contributed by atoms with Gasteiger partial charge in [0, 0.05) is 28.7 Å². The smallest absolute Gasteiger partial charge is 0.373 e. The minimum absolute atomic E-state index is 0.129. The van der Waals surface area contributed by atoms with Gasteiger partial charge in [0.15, 0.2) is 5.78 Å². The zero-order valence-electron chi connectivity index (χ0n) is 17.2. The van der Waals surface area contributed by atoms with Crippen LogP contribution in [0.15, 0.2) is 54.9 Å². The first kappa shape index (κ1) is 19.7. The van der Waals surface area contributed by atoms with Crippen molar-refractivity contribution in [3.8, 4) is 11.6 Å². The van der Waals surface area contributed by atoms with Crippen LogP contribution < -0.4 is 9.64 Å². The SMILES string of the molecule is CC(=O)c1cccc(Oc2ncnc(N3CCc4c([nH]c5ccccc45)C3)c2[N+](=O)[O-])c1. The van der Waals surface area contributed by atoms with Crippen molar-refractivity contribution >= 4 is 28.2 Å². The Labute approximate surface area is 182 Å². The number of carbonyl (C=O) groups is 1. The summed E-state index contributed by atoms with van der Waals surface area (Å²) in [4.78, 5) is 36.6. The lowest BCUT2D eigenvalue weighted by Gasteiger charge is -2.27. The van der Waals surface area contributed by atoms with Crippen LogP contribution in [0.25, 0.3) is 10.9 Å². The van der Waals surface area contributed by atoms with E-state index in [0.29, 0.717) is 24.4 Å². The molecule has 2 aromatic carbocycles. The van der Waals surface area contributed by atoms with E-state index in [1.165, 1.54) is 30.3 Å². The van der Waals surface area contributed by atoms with Crippen LogP contribution in [0, 0.1) is 10.1 Å². The Hall–Kier alpha value is -4.27. The fraction of sp³-hybridized carbons (Fsp3) is 0.174. The monoisotopic (exact) mass is 429 g/mol. The molecule has 2 aromatic heterocycles. The van der Waals surface area contributed by atoms with E-state index in [2.05, 4.69) is 21.0 Å². The average Bonchev–Trinajstić information content (AvgIpc) is 3.16. The summed E-state index contributed by atoms with van der Waals surface area (Å²) >= 11 is 0. The second-order valence-corrected chi connectivity index (χ2v) is 7.59. The number of rotatable bonds is 5. The van der Waals surface area contributed by atoms with Gasteiger partial charge in [0.05, 0.1) is 11.5 Å². The van der Waals surface area contributed by atoms with Crippen LogP contribution in [0.1, 0.15) is 28.5 Å². The number of fused-ring (bicyclic) bond motifs is 3. The summed E-state index contributed by atoms with van der Waals surface area (Å²) in [6.07, 6.45) is 1.99. The summed E-state index contributed by atoms with van der Waals surface area (Å²) < 4.78 is 5.73. The third-order valence-electron chi connectivity index (χ3n) is 5.59. The van der Waals surface area contributed by atoms with Gasteiger partial charge in [0.25, 0.3) is 0 Å². The molecule has 1 aliphatic rings. The van der Waals surface area contributed by atoms with Crippen molar-refractivity contribution in [1.82, 2.24) is 15.0 Å². The van der Waals surface area contributed by atoms with Crippen molar-refractivity contribution in [1.29, 1.82) is 0 Å². The molecular formula is C23H19N5O4. The van der Waals surface area contributed by atoms with Gasteiger partial charge >= 0.3 is 11.6 Å². The normalized spacial score (nSPS) is 13.1. The minimum atomic E-state index is -0.528. The molecule has 1 aliphatic heterocycles. The molecule has 32 heavy (non-hydrogen) atoms. The van der Waals surface area contributed by atoms with Gasteiger partial charge in [-0.15, -0.1) is 0 Å². The van der Waals surface area contributed by atoms with E-state index in [9.17, 15) is 14.9 Å². The third kappa shape index (κ3) is 3.43. The molecule has 9 nitrogen and oxygen atoms in total. The molecule has 0 unspecified atom stereocenters. The molecule has 1 N–H and O–H groups in total.